The first-order valence-corrected chi connectivity index (χ1v) is 5.89. The van der Waals surface area contributed by atoms with Crippen LogP contribution >= 0.6 is 0 Å². The van der Waals surface area contributed by atoms with E-state index >= 15 is 0 Å². The second kappa shape index (κ2) is 5.47. The van der Waals surface area contributed by atoms with Gasteiger partial charge in [-0.2, -0.15) is 0 Å². The first-order valence-electron chi connectivity index (χ1n) is 5.89. The van der Waals surface area contributed by atoms with Crippen LogP contribution < -0.4 is 5.32 Å². The third kappa shape index (κ3) is 3.27. The van der Waals surface area contributed by atoms with Gasteiger partial charge in [-0.15, -0.1) is 0 Å². The molecule has 7 nitrogen and oxygen atoms in total. The molecule has 0 aliphatic heterocycles. The van der Waals surface area contributed by atoms with Crippen molar-refractivity contribution in [3.8, 4) is 0 Å². The van der Waals surface area contributed by atoms with E-state index in [-0.39, 0.29) is 11.7 Å². The number of pyridine rings is 1. The summed E-state index contributed by atoms with van der Waals surface area (Å²) in [6, 6.07) is 1.52. The molecule has 2 rings (SSSR count). The number of aryl methyl sites for hydroxylation is 1. The lowest BCUT2D eigenvalue weighted by Crippen LogP contribution is -2.22. The van der Waals surface area contributed by atoms with Crippen LogP contribution in [-0.2, 0) is 6.54 Å². The van der Waals surface area contributed by atoms with Crippen LogP contribution in [0, 0.1) is 17.0 Å². The Bertz CT molecular complexity index is 568. The van der Waals surface area contributed by atoms with E-state index in [4.69, 9.17) is 0 Å². The van der Waals surface area contributed by atoms with Crippen LogP contribution in [0.5, 0.6) is 0 Å². The molecule has 0 saturated heterocycles. The van der Waals surface area contributed by atoms with Crippen molar-refractivity contribution in [2.24, 2.45) is 0 Å². The summed E-state index contributed by atoms with van der Waals surface area (Å²) in [5.41, 5.74) is 0.761. The Morgan fingerprint density at radius 3 is 3.00 bits per heavy atom. The topological polar surface area (TPSA) is 85.9 Å². The van der Waals surface area contributed by atoms with Crippen molar-refractivity contribution >= 4 is 11.5 Å². The molecule has 1 atom stereocenters. The molecule has 0 aromatic carbocycles. The van der Waals surface area contributed by atoms with E-state index in [2.05, 4.69) is 15.3 Å². The standard InChI is InChI=1S/C12H15N5O2/c1-9-5-11(17(18)19)12(14-6-9)15-10(2)7-16-4-3-13-8-16/h3-6,8,10H,7H2,1-2H3,(H,14,15). The molecular weight excluding hydrogens is 246 g/mol. The van der Waals surface area contributed by atoms with Crippen molar-refractivity contribution in [1.82, 2.24) is 14.5 Å². The second-order valence-corrected chi connectivity index (χ2v) is 4.44. The zero-order valence-corrected chi connectivity index (χ0v) is 10.8. The van der Waals surface area contributed by atoms with Gasteiger partial charge in [0, 0.05) is 37.2 Å². The highest BCUT2D eigenvalue weighted by Crippen LogP contribution is 2.23. The monoisotopic (exact) mass is 261 g/mol. The average molecular weight is 261 g/mol. The summed E-state index contributed by atoms with van der Waals surface area (Å²) in [5.74, 6) is 0.295. The maximum absolute atomic E-state index is 11.0. The summed E-state index contributed by atoms with van der Waals surface area (Å²) in [7, 11) is 0. The lowest BCUT2D eigenvalue weighted by molar-refractivity contribution is -0.384. The van der Waals surface area contributed by atoms with Gasteiger partial charge in [0.1, 0.15) is 0 Å². The summed E-state index contributed by atoms with van der Waals surface area (Å²) < 4.78 is 1.90. The summed E-state index contributed by atoms with van der Waals surface area (Å²) in [5, 5.41) is 14.0. The Morgan fingerprint density at radius 2 is 2.37 bits per heavy atom. The Labute approximate surface area is 110 Å². The van der Waals surface area contributed by atoms with E-state index in [1.165, 1.54) is 6.07 Å². The van der Waals surface area contributed by atoms with Crippen LogP contribution in [0.3, 0.4) is 0 Å². The fraction of sp³-hybridized carbons (Fsp3) is 0.333. The minimum absolute atomic E-state index is 0.00233. The Morgan fingerprint density at radius 1 is 1.58 bits per heavy atom. The molecule has 0 bridgehead atoms. The maximum Gasteiger partial charge on any atom is 0.311 e. The minimum Gasteiger partial charge on any atom is -0.360 e. The fourth-order valence-electron chi connectivity index (χ4n) is 1.79. The van der Waals surface area contributed by atoms with Gasteiger partial charge in [-0.3, -0.25) is 10.1 Å². The van der Waals surface area contributed by atoms with Gasteiger partial charge in [0.05, 0.1) is 11.3 Å². The Kier molecular flexibility index (Phi) is 3.74. The van der Waals surface area contributed by atoms with Crippen molar-refractivity contribution < 1.29 is 4.92 Å². The first-order chi connectivity index (χ1) is 9.06. The average Bonchev–Trinajstić information content (AvgIpc) is 2.83. The minimum atomic E-state index is -0.424. The molecule has 0 aliphatic carbocycles. The third-order valence-electron chi connectivity index (χ3n) is 2.63. The summed E-state index contributed by atoms with van der Waals surface area (Å²) in [4.78, 5) is 18.6. The number of aromatic nitrogens is 3. The quantitative estimate of drug-likeness (QED) is 0.657. The molecule has 2 heterocycles. The van der Waals surface area contributed by atoms with Crippen LogP contribution in [0.25, 0.3) is 0 Å². The number of hydrogen-bond donors (Lipinski definition) is 1. The van der Waals surface area contributed by atoms with Crippen LogP contribution in [0.15, 0.2) is 31.0 Å². The van der Waals surface area contributed by atoms with E-state index < -0.39 is 4.92 Å². The van der Waals surface area contributed by atoms with Gasteiger partial charge >= 0.3 is 5.69 Å². The molecule has 0 aliphatic rings. The maximum atomic E-state index is 11.0. The van der Waals surface area contributed by atoms with Gasteiger partial charge in [-0.25, -0.2) is 9.97 Å². The summed E-state index contributed by atoms with van der Waals surface area (Å²) >= 11 is 0. The summed E-state index contributed by atoms with van der Waals surface area (Å²) in [6.07, 6.45) is 6.85. The van der Waals surface area contributed by atoms with E-state index in [0.29, 0.717) is 12.4 Å². The first kappa shape index (κ1) is 13.0. The van der Waals surface area contributed by atoms with Gasteiger partial charge in [0.15, 0.2) is 0 Å². The van der Waals surface area contributed by atoms with E-state index in [1.807, 2.05) is 17.7 Å². The zero-order valence-electron chi connectivity index (χ0n) is 10.8. The largest absolute Gasteiger partial charge is 0.360 e. The van der Waals surface area contributed by atoms with E-state index in [9.17, 15) is 10.1 Å². The van der Waals surface area contributed by atoms with Gasteiger partial charge in [0.25, 0.3) is 0 Å². The van der Waals surface area contributed by atoms with Crippen molar-refractivity contribution in [3.63, 3.8) is 0 Å². The molecule has 2 aromatic rings. The second-order valence-electron chi connectivity index (χ2n) is 4.44. The predicted octanol–water partition coefficient (Wildman–Crippen LogP) is 2.00. The van der Waals surface area contributed by atoms with Crippen molar-refractivity contribution in [2.75, 3.05) is 5.32 Å². The van der Waals surface area contributed by atoms with Crippen LogP contribution in [-0.4, -0.2) is 25.5 Å². The molecule has 1 N–H and O–H groups in total. The van der Waals surface area contributed by atoms with Crippen LogP contribution in [0.2, 0.25) is 0 Å². The van der Waals surface area contributed by atoms with E-state index in [0.717, 1.165) is 5.56 Å². The molecule has 0 radical (unpaired) electrons. The lowest BCUT2D eigenvalue weighted by Gasteiger charge is -2.15. The van der Waals surface area contributed by atoms with E-state index in [1.54, 1.807) is 25.6 Å². The van der Waals surface area contributed by atoms with Crippen LogP contribution in [0.4, 0.5) is 11.5 Å². The predicted molar refractivity (Wildman–Crippen MR) is 70.9 cm³/mol. The molecule has 100 valence electrons. The van der Waals surface area contributed by atoms with Crippen LogP contribution in [0.1, 0.15) is 12.5 Å². The molecule has 0 saturated carbocycles. The lowest BCUT2D eigenvalue weighted by atomic mass is 10.2. The fourth-order valence-corrected chi connectivity index (χ4v) is 1.79. The molecule has 19 heavy (non-hydrogen) atoms. The normalized spacial score (nSPS) is 12.1. The van der Waals surface area contributed by atoms with Gasteiger partial charge in [-0.05, 0) is 19.4 Å². The number of rotatable bonds is 5. The smallest absolute Gasteiger partial charge is 0.311 e. The highest BCUT2D eigenvalue weighted by molar-refractivity contribution is 5.56. The Balaban J connectivity index is 2.12. The summed E-state index contributed by atoms with van der Waals surface area (Å²) in [6.45, 7) is 4.37. The number of nitrogens with one attached hydrogen (secondary N) is 1. The highest BCUT2D eigenvalue weighted by atomic mass is 16.6. The SMILES string of the molecule is Cc1cnc(NC(C)Cn2ccnc2)c([N+](=O)[O-])c1. The number of nitrogens with zero attached hydrogens (tertiary/aromatic N) is 4. The molecule has 0 fully saturated rings. The van der Waals surface area contributed by atoms with Crippen molar-refractivity contribution in [1.29, 1.82) is 0 Å². The van der Waals surface area contributed by atoms with Crippen molar-refractivity contribution in [3.05, 3.63) is 46.7 Å². The third-order valence-corrected chi connectivity index (χ3v) is 2.63. The van der Waals surface area contributed by atoms with Gasteiger partial charge in [0.2, 0.25) is 5.82 Å². The van der Waals surface area contributed by atoms with Gasteiger partial charge < -0.3 is 9.88 Å². The zero-order chi connectivity index (χ0) is 13.8. The molecule has 0 amide bonds. The molecule has 2 aromatic heterocycles. The Hall–Kier alpha value is -2.44. The van der Waals surface area contributed by atoms with Gasteiger partial charge in [-0.1, -0.05) is 0 Å². The van der Waals surface area contributed by atoms with Crippen molar-refractivity contribution in [2.45, 2.75) is 26.4 Å². The molecule has 7 heteroatoms. The number of hydrogen-bond acceptors (Lipinski definition) is 5. The number of anilines is 1. The molecular formula is C12H15N5O2. The molecule has 1 unspecified atom stereocenters. The highest BCUT2D eigenvalue weighted by Gasteiger charge is 2.17. The number of imidazole rings is 1. The molecule has 0 spiro atoms. The number of nitro groups is 1.